The van der Waals surface area contributed by atoms with E-state index in [2.05, 4.69) is 81.7 Å². The maximum Gasteiger partial charge on any atom is 0.338 e. The quantitative estimate of drug-likeness (QED) is 0.0884. The van der Waals surface area contributed by atoms with Crippen LogP contribution in [0.5, 0.6) is 0 Å². The van der Waals surface area contributed by atoms with Crippen molar-refractivity contribution in [1.29, 1.82) is 0 Å². The number of benzene rings is 2. The maximum atomic E-state index is 12.7. The van der Waals surface area contributed by atoms with Crippen LogP contribution in [0.4, 0.5) is 23.3 Å². The van der Waals surface area contributed by atoms with Gasteiger partial charge in [0.15, 0.2) is 17.4 Å². The van der Waals surface area contributed by atoms with Gasteiger partial charge < -0.3 is 21.5 Å². The molecular formula is C47H57N17O3. The summed E-state index contributed by atoms with van der Waals surface area (Å²) >= 11 is 0. The number of hydrogen-bond donors (Lipinski definition) is 4. The number of anilines is 4. The molecule has 0 aliphatic rings. The third-order valence-corrected chi connectivity index (χ3v) is 10.2. The summed E-state index contributed by atoms with van der Waals surface area (Å²) in [5.74, 6) is 1.29. The fraction of sp³-hybridized carbons (Fsp3) is 0.319. The summed E-state index contributed by atoms with van der Waals surface area (Å²) in [6.45, 7) is 16.7. The number of carbonyl (C=O) groups excluding carboxylic acids is 1. The van der Waals surface area contributed by atoms with Gasteiger partial charge in [0.1, 0.15) is 12.7 Å². The highest BCUT2D eigenvalue weighted by molar-refractivity contribution is 5.95. The second-order valence-corrected chi connectivity index (χ2v) is 17.7. The van der Waals surface area contributed by atoms with E-state index in [4.69, 9.17) is 10.8 Å². The minimum atomic E-state index is -0.939. The van der Waals surface area contributed by atoms with E-state index < -0.39 is 5.97 Å². The Morgan fingerprint density at radius 3 is 1.48 bits per heavy atom. The first kappa shape index (κ1) is 48.5. The number of aryl methyl sites for hydroxylation is 5. The zero-order valence-electron chi connectivity index (χ0n) is 39.5. The molecule has 5 N–H and O–H groups in total. The summed E-state index contributed by atoms with van der Waals surface area (Å²) in [5.41, 5.74) is 14.2. The molecule has 0 bridgehead atoms. The first-order valence-electron chi connectivity index (χ1n) is 21.4. The Hall–Kier alpha value is -8.00. The van der Waals surface area contributed by atoms with Gasteiger partial charge in [-0.1, -0.05) is 24.3 Å². The number of Topliss-reactive ketones (excluding diaryl/α,β-unsaturated/α-hetero) is 1. The second-order valence-electron chi connectivity index (χ2n) is 17.7. The van der Waals surface area contributed by atoms with E-state index in [0.717, 1.165) is 44.8 Å². The molecule has 0 atom stereocenters. The van der Waals surface area contributed by atoms with Gasteiger partial charge >= 0.3 is 5.97 Å². The Bertz CT molecular complexity index is 2950. The lowest BCUT2D eigenvalue weighted by Crippen LogP contribution is -2.22. The van der Waals surface area contributed by atoms with Crippen molar-refractivity contribution in [1.82, 2.24) is 69.0 Å². The SMILES string of the molecule is CC(C)(C)n1cc(C(=O)O)cn1.Cc1cc(-c2ncnc(Nc3cnn(C)c3)n2)ccc1CCC(=O)c1cnn(C(C)(C)C)c1.Cc1cc(-c2ncnc(Nc3cnn(C)c3)n2)ccc1CN. The highest BCUT2D eigenvalue weighted by atomic mass is 16.4. The monoisotopic (exact) mass is 907 g/mol. The Morgan fingerprint density at radius 1 is 0.627 bits per heavy atom. The number of rotatable bonds is 12. The number of hydrogen-bond acceptors (Lipinski definition) is 15. The summed E-state index contributed by atoms with van der Waals surface area (Å²) < 4.78 is 6.87. The molecule has 0 fully saturated rings. The summed E-state index contributed by atoms with van der Waals surface area (Å²) in [4.78, 5) is 49.0. The Kier molecular flexibility index (Phi) is 15.1. The normalized spacial score (nSPS) is 11.3. The van der Waals surface area contributed by atoms with E-state index in [9.17, 15) is 9.59 Å². The number of aromatic nitrogens is 14. The highest BCUT2D eigenvalue weighted by Crippen LogP contribution is 2.24. The van der Waals surface area contributed by atoms with Crippen molar-refractivity contribution >= 4 is 35.0 Å². The lowest BCUT2D eigenvalue weighted by molar-refractivity contribution is 0.0696. The van der Waals surface area contributed by atoms with Gasteiger partial charge in [0.2, 0.25) is 11.9 Å². The predicted molar refractivity (Wildman–Crippen MR) is 255 cm³/mol. The molecule has 20 nitrogen and oxygen atoms in total. The lowest BCUT2D eigenvalue weighted by Gasteiger charge is -2.18. The van der Waals surface area contributed by atoms with Gasteiger partial charge in [-0.15, -0.1) is 0 Å². The van der Waals surface area contributed by atoms with Crippen LogP contribution in [0.15, 0.2) is 98.6 Å². The van der Waals surface area contributed by atoms with Crippen LogP contribution in [0.3, 0.4) is 0 Å². The molecule has 0 aliphatic carbocycles. The van der Waals surface area contributed by atoms with E-state index in [0.29, 0.717) is 48.5 Å². The molecule has 6 heterocycles. The molecule has 0 amide bonds. The lowest BCUT2D eigenvalue weighted by atomic mass is 9.98. The van der Waals surface area contributed by atoms with Crippen LogP contribution in [0.2, 0.25) is 0 Å². The molecular weight excluding hydrogens is 851 g/mol. The molecule has 8 rings (SSSR count). The Morgan fingerprint density at radius 2 is 1.09 bits per heavy atom. The summed E-state index contributed by atoms with van der Waals surface area (Å²) in [6.07, 6.45) is 17.6. The van der Waals surface area contributed by atoms with Crippen molar-refractivity contribution in [3.05, 3.63) is 132 Å². The fourth-order valence-electron chi connectivity index (χ4n) is 6.43. The van der Waals surface area contributed by atoms with Crippen molar-refractivity contribution in [2.75, 3.05) is 10.6 Å². The van der Waals surface area contributed by atoms with E-state index in [1.807, 2.05) is 108 Å². The van der Waals surface area contributed by atoms with Crippen LogP contribution < -0.4 is 16.4 Å². The smallest absolute Gasteiger partial charge is 0.338 e. The van der Waals surface area contributed by atoms with Crippen LogP contribution >= 0.6 is 0 Å². The minimum absolute atomic E-state index is 0.0950. The standard InChI is InChI=1S/C24H28N8O.C15H17N7.C8H12N2O2/c1-16-10-18(22-25-15-26-23(30-22)29-20-12-27-31(5)14-20)7-6-17(16)8-9-21(33)19-11-28-32(13-19)24(2,3)4;1-10-5-11(3-4-12(10)6-16)14-17-9-18-15(21-14)20-13-7-19-22(2)8-13;1-8(2,3)10-5-6(4-9-10)7(11)12/h6-7,10-15H,8-9H2,1-5H3,(H,25,26,29,30);3-5,7-9H,6,16H2,1-2H3,(H,17,18,20,21);4-5H,1-3H3,(H,11,12). The number of carboxylic acids is 1. The highest BCUT2D eigenvalue weighted by Gasteiger charge is 2.18. The zero-order chi connectivity index (χ0) is 48.5. The third kappa shape index (κ3) is 13.3. The van der Waals surface area contributed by atoms with E-state index in [-0.39, 0.29) is 22.4 Å². The average molecular weight is 908 g/mol. The van der Waals surface area contributed by atoms with Crippen molar-refractivity contribution in [2.24, 2.45) is 19.8 Å². The fourth-order valence-corrected chi connectivity index (χ4v) is 6.43. The summed E-state index contributed by atoms with van der Waals surface area (Å²) in [6, 6.07) is 12.1. The van der Waals surface area contributed by atoms with Crippen LogP contribution in [0.25, 0.3) is 22.8 Å². The van der Waals surface area contributed by atoms with Gasteiger partial charge in [0.25, 0.3) is 0 Å². The topological polar surface area (TPSA) is 253 Å². The van der Waals surface area contributed by atoms with Crippen molar-refractivity contribution < 1.29 is 14.7 Å². The molecule has 20 heteroatoms. The second kappa shape index (κ2) is 20.9. The number of nitrogens with zero attached hydrogens (tertiary/aromatic N) is 14. The number of carboxylic acid groups (broad SMARTS) is 1. The van der Waals surface area contributed by atoms with E-state index in [1.54, 1.807) is 32.6 Å². The Labute approximate surface area is 388 Å². The van der Waals surface area contributed by atoms with E-state index in [1.165, 1.54) is 25.0 Å². The van der Waals surface area contributed by atoms with Gasteiger partial charge in [-0.25, -0.2) is 24.7 Å². The number of nitrogens with two attached hydrogens (primary N) is 1. The van der Waals surface area contributed by atoms with Crippen LogP contribution in [0.1, 0.15) is 90.9 Å². The first-order chi connectivity index (χ1) is 31.7. The third-order valence-electron chi connectivity index (χ3n) is 10.2. The number of nitrogens with one attached hydrogen (secondary N) is 2. The van der Waals surface area contributed by atoms with Crippen molar-refractivity contribution in [3.8, 4) is 22.8 Å². The molecule has 348 valence electrons. The van der Waals surface area contributed by atoms with E-state index >= 15 is 0 Å². The van der Waals surface area contributed by atoms with Crippen molar-refractivity contribution in [3.63, 3.8) is 0 Å². The predicted octanol–water partition coefficient (Wildman–Crippen LogP) is 7.21. The van der Waals surface area contributed by atoms with Gasteiger partial charge in [-0.2, -0.15) is 30.4 Å². The van der Waals surface area contributed by atoms with Gasteiger partial charge in [-0.05, 0) is 96.2 Å². The molecule has 67 heavy (non-hydrogen) atoms. The molecule has 0 aliphatic heterocycles. The average Bonchev–Trinajstić information content (AvgIpc) is 4.13. The van der Waals surface area contributed by atoms with Crippen LogP contribution in [-0.4, -0.2) is 85.9 Å². The summed E-state index contributed by atoms with van der Waals surface area (Å²) in [7, 11) is 3.70. The van der Waals surface area contributed by atoms with Crippen LogP contribution in [-0.2, 0) is 38.1 Å². The zero-order valence-corrected chi connectivity index (χ0v) is 39.5. The Balaban J connectivity index is 0.000000186. The van der Waals surface area contributed by atoms with Gasteiger partial charge in [0, 0.05) is 63.0 Å². The molecule has 0 saturated carbocycles. The molecule has 6 aromatic heterocycles. The number of carbonyl (C=O) groups is 2. The largest absolute Gasteiger partial charge is 0.478 e. The van der Waals surface area contributed by atoms with Gasteiger partial charge in [-0.3, -0.25) is 23.5 Å². The first-order valence-corrected chi connectivity index (χ1v) is 21.4. The molecule has 0 spiro atoms. The van der Waals surface area contributed by atoms with Crippen molar-refractivity contribution in [2.45, 2.75) is 85.9 Å². The van der Waals surface area contributed by atoms with Crippen LogP contribution in [0, 0.1) is 13.8 Å². The molecule has 0 saturated heterocycles. The summed E-state index contributed by atoms with van der Waals surface area (Å²) in [5, 5.41) is 31.3. The van der Waals surface area contributed by atoms with Gasteiger partial charge in [0.05, 0.1) is 58.4 Å². The number of ketones is 1. The number of aromatic carboxylic acids is 1. The maximum absolute atomic E-state index is 12.7. The minimum Gasteiger partial charge on any atom is -0.478 e. The molecule has 2 aromatic carbocycles. The molecule has 0 unspecified atom stereocenters. The molecule has 0 radical (unpaired) electrons. The molecule has 8 aromatic rings.